The normalized spacial score (nSPS) is 14.2. The van der Waals surface area contributed by atoms with E-state index >= 15 is 0 Å². The molecular formula is C23H19IrN2-. The van der Waals surface area contributed by atoms with Gasteiger partial charge < -0.3 is 4.98 Å². The first-order chi connectivity index (χ1) is 12.0. The van der Waals surface area contributed by atoms with Crippen LogP contribution in [0.2, 0.25) is 0 Å². The van der Waals surface area contributed by atoms with Gasteiger partial charge in [-0.2, -0.15) is 0 Å². The van der Waals surface area contributed by atoms with E-state index in [1.165, 1.54) is 32.7 Å². The molecule has 0 N–H and O–H groups in total. The van der Waals surface area contributed by atoms with Gasteiger partial charge in [-0.05, 0) is 64.9 Å². The van der Waals surface area contributed by atoms with E-state index < -0.39 is 0 Å². The number of fused-ring (bicyclic) bond motifs is 4. The number of aryl methyl sites for hydroxylation is 2. The zero-order valence-electron chi connectivity index (χ0n) is 15.3. The SMILES string of the molecule is Cc1cc2c(cc3c4c(nccc42)-c2[c-]cccc2C3(C)C)c(C)n1.[Ir]. The molecule has 0 saturated heterocycles. The molecule has 2 aromatic heterocycles. The van der Waals surface area contributed by atoms with Crippen LogP contribution in [0.25, 0.3) is 32.8 Å². The van der Waals surface area contributed by atoms with Crippen molar-refractivity contribution in [2.75, 3.05) is 0 Å². The van der Waals surface area contributed by atoms with Crippen molar-refractivity contribution in [3.05, 3.63) is 71.2 Å². The monoisotopic (exact) mass is 516 g/mol. The first kappa shape index (κ1) is 17.3. The quantitative estimate of drug-likeness (QED) is 0.228. The van der Waals surface area contributed by atoms with E-state index in [9.17, 15) is 0 Å². The predicted molar refractivity (Wildman–Crippen MR) is 103 cm³/mol. The van der Waals surface area contributed by atoms with Crippen molar-refractivity contribution < 1.29 is 20.1 Å². The molecule has 4 aromatic rings. The van der Waals surface area contributed by atoms with Crippen molar-refractivity contribution in [1.29, 1.82) is 0 Å². The maximum atomic E-state index is 4.75. The van der Waals surface area contributed by atoms with Crippen LogP contribution >= 0.6 is 0 Å². The van der Waals surface area contributed by atoms with Gasteiger partial charge in [-0.1, -0.05) is 13.8 Å². The molecule has 1 radical (unpaired) electrons. The van der Waals surface area contributed by atoms with Crippen LogP contribution in [0, 0.1) is 19.9 Å². The van der Waals surface area contributed by atoms with E-state index in [0.29, 0.717) is 0 Å². The van der Waals surface area contributed by atoms with Gasteiger partial charge in [0.05, 0.1) is 0 Å². The second-order valence-electron chi connectivity index (χ2n) is 7.53. The number of benzene rings is 2. The molecule has 3 heteroatoms. The van der Waals surface area contributed by atoms with E-state index in [4.69, 9.17) is 9.97 Å². The Morgan fingerprint density at radius 3 is 2.58 bits per heavy atom. The Bertz CT molecular complexity index is 1190. The van der Waals surface area contributed by atoms with Crippen LogP contribution in [0.5, 0.6) is 0 Å². The predicted octanol–water partition coefficient (Wildman–Crippen LogP) is 5.50. The Hall–Kier alpha value is -2.09. The molecule has 2 heterocycles. The van der Waals surface area contributed by atoms with Gasteiger partial charge >= 0.3 is 0 Å². The molecule has 0 aliphatic heterocycles. The number of nitrogens with zero attached hydrogens (tertiary/aromatic N) is 2. The number of rotatable bonds is 0. The van der Waals surface area contributed by atoms with Crippen LogP contribution in [-0.4, -0.2) is 9.97 Å². The van der Waals surface area contributed by atoms with E-state index in [-0.39, 0.29) is 25.5 Å². The number of pyridine rings is 2. The van der Waals surface area contributed by atoms with Gasteiger partial charge in [0.15, 0.2) is 0 Å². The molecule has 0 amide bonds. The summed E-state index contributed by atoms with van der Waals surface area (Å²) >= 11 is 0. The Balaban J connectivity index is 0.00000168. The number of hydrogen-bond acceptors (Lipinski definition) is 2. The van der Waals surface area contributed by atoms with Crippen molar-refractivity contribution in [3.8, 4) is 11.3 Å². The Labute approximate surface area is 167 Å². The van der Waals surface area contributed by atoms with Crippen molar-refractivity contribution in [3.63, 3.8) is 0 Å². The smallest absolute Gasteiger partial charge is 0.0454 e. The van der Waals surface area contributed by atoms with Crippen LogP contribution < -0.4 is 0 Å². The fourth-order valence-electron chi connectivity index (χ4n) is 4.40. The van der Waals surface area contributed by atoms with E-state index in [2.05, 4.69) is 64.1 Å². The fourth-order valence-corrected chi connectivity index (χ4v) is 4.40. The van der Waals surface area contributed by atoms with Crippen LogP contribution in [0.4, 0.5) is 0 Å². The molecule has 0 unspecified atom stereocenters. The summed E-state index contributed by atoms with van der Waals surface area (Å²) in [6.45, 7) is 8.76. The molecule has 2 nitrogen and oxygen atoms in total. The molecule has 2 aromatic carbocycles. The van der Waals surface area contributed by atoms with E-state index in [1.807, 2.05) is 12.3 Å². The maximum Gasteiger partial charge on any atom is 0.0454 e. The first-order valence-corrected chi connectivity index (χ1v) is 8.70. The second-order valence-corrected chi connectivity index (χ2v) is 7.53. The minimum atomic E-state index is -0.0904. The Morgan fingerprint density at radius 1 is 0.962 bits per heavy atom. The topological polar surface area (TPSA) is 25.8 Å². The van der Waals surface area contributed by atoms with Gasteiger partial charge in [0, 0.05) is 43.1 Å². The third-order valence-corrected chi connectivity index (χ3v) is 5.62. The zero-order valence-corrected chi connectivity index (χ0v) is 17.7. The van der Waals surface area contributed by atoms with Crippen LogP contribution in [0.15, 0.2) is 42.6 Å². The van der Waals surface area contributed by atoms with Gasteiger partial charge in [0.1, 0.15) is 0 Å². The van der Waals surface area contributed by atoms with Crippen LogP contribution in [-0.2, 0) is 25.5 Å². The summed E-state index contributed by atoms with van der Waals surface area (Å²) in [6, 6.07) is 16.4. The third kappa shape index (κ3) is 2.14. The number of aromatic nitrogens is 2. The average Bonchev–Trinajstić information content (AvgIpc) is 2.60. The summed E-state index contributed by atoms with van der Waals surface area (Å²) in [5, 5.41) is 5.03. The standard InChI is InChI=1S/C23H19N2.Ir/c1-13-11-18-15-9-10-24-22-16-7-5-6-8-19(16)23(3,4)20(21(15)22)12-17(18)14(2)25-13;/h5-6,8-12H,1-4H3;/q-1;. The maximum absolute atomic E-state index is 4.75. The molecule has 5 rings (SSSR count). The van der Waals surface area contributed by atoms with Crippen molar-refractivity contribution in [1.82, 2.24) is 9.97 Å². The van der Waals surface area contributed by atoms with Gasteiger partial charge in [-0.3, -0.25) is 4.98 Å². The van der Waals surface area contributed by atoms with Gasteiger partial charge in [0.25, 0.3) is 0 Å². The first-order valence-electron chi connectivity index (χ1n) is 8.70. The average molecular weight is 516 g/mol. The molecule has 0 fully saturated rings. The molecule has 1 aliphatic carbocycles. The molecule has 0 atom stereocenters. The molecule has 131 valence electrons. The largest absolute Gasteiger partial charge is 0.304 e. The molecule has 0 bridgehead atoms. The summed E-state index contributed by atoms with van der Waals surface area (Å²) in [5.74, 6) is 0. The molecular weight excluding hydrogens is 496 g/mol. The van der Waals surface area contributed by atoms with Gasteiger partial charge in [-0.15, -0.1) is 35.4 Å². The Kier molecular flexibility index (Phi) is 3.80. The molecule has 1 aliphatic rings. The molecule has 0 spiro atoms. The minimum absolute atomic E-state index is 0. The van der Waals surface area contributed by atoms with Gasteiger partial charge in [-0.25, -0.2) is 0 Å². The zero-order chi connectivity index (χ0) is 17.3. The molecule has 26 heavy (non-hydrogen) atoms. The van der Waals surface area contributed by atoms with Crippen molar-refractivity contribution >= 4 is 21.5 Å². The minimum Gasteiger partial charge on any atom is -0.304 e. The van der Waals surface area contributed by atoms with E-state index in [1.54, 1.807) is 0 Å². The van der Waals surface area contributed by atoms with Gasteiger partial charge in [0.2, 0.25) is 0 Å². The summed E-state index contributed by atoms with van der Waals surface area (Å²) in [6.07, 6.45) is 1.93. The summed E-state index contributed by atoms with van der Waals surface area (Å²) in [5.41, 5.74) is 6.86. The fraction of sp³-hybridized carbons (Fsp3) is 0.217. The molecule has 0 saturated carbocycles. The van der Waals surface area contributed by atoms with Crippen molar-refractivity contribution in [2.24, 2.45) is 0 Å². The Morgan fingerprint density at radius 2 is 1.77 bits per heavy atom. The third-order valence-electron chi connectivity index (χ3n) is 5.62. The number of hydrogen-bond donors (Lipinski definition) is 0. The second kappa shape index (κ2) is 5.70. The van der Waals surface area contributed by atoms with E-state index in [0.717, 1.165) is 22.6 Å². The summed E-state index contributed by atoms with van der Waals surface area (Å²) in [4.78, 5) is 9.44. The van der Waals surface area contributed by atoms with Crippen LogP contribution in [0.1, 0.15) is 36.4 Å². The van der Waals surface area contributed by atoms with Crippen LogP contribution in [0.3, 0.4) is 0 Å². The summed E-state index contributed by atoms with van der Waals surface area (Å²) in [7, 11) is 0. The van der Waals surface area contributed by atoms with Crippen molar-refractivity contribution in [2.45, 2.75) is 33.1 Å². The summed E-state index contributed by atoms with van der Waals surface area (Å²) < 4.78 is 0.